The van der Waals surface area contributed by atoms with Crippen LogP contribution < -0.4 is 19.6 Å². The number of halogens is 1. The molecule has 31 heavy (non-hydrogen) atoms. The highest BCUT2D eigenvalue weighted by Crippen LogP contribution is 2.22. The van der Waals surface area contributed by atoms with Gasteiger partial charge in [0.2, 0.25) is 0 Å². The molecule has 6 nitrogen and oxygen atoms in total. The topological polar surface area (TPSA) is 69.2 Å². The lowest BCUT2D eigenvalue weighted by Gasteiger charge is -2.18. The van der Waals surface area contributed by atoms with Gasteiger partial charge in [-0.25, -0.2) is 5.43 Å². The number of para-hydroxylation sites is 2. The van der Waals surface area contributed by atoms with Crippen molar-refractivity contribution in [1.82, 2.24) is 5.43 Å². The first-order valence-corrected chi connectivity index (χ1v) is 10.1. The Labute approximate surface area is 189 Å². The van der Waals surface area contributed by atoms with Crippen LogP contribution in [0.2, 0.25) is 0 Å². The number of benzene rings is 3. The van der Waals surface area contributed by atoms with Crippen LogP contribution in [-0.4, -0.2) is 25.0 Å². The third-order valence-electron chi connectivity index (χ3n) is 3.85. The van der Waals surface area contributed by atoms with Gasteiger partial charge in [-0.1, -0.05) is 58.2 Å². The lowest BCUT2D eigenvalue weighted by Crippen LogP contribution is -2.40. The van der Waals surface area contributed by atoms with Crippen LogP contribution in [0.15, 0.2) is 88.4 Å². The fraction of sp³-hybridized carbons (Fsp3) is 0.0833. The van der Waals surface area contributed by atoms with Crippen molar-refractivity contribution < 1.29 is 19.0 Å². The molecule has 0 heterocycles. The molecule has 7 heteroatoms. The van der Waals surface area contributed by atoms with E-state index >= 15 is 0 Å². The molecule has 0 atom stereocenters. The Morgan fingerprint density at radius 3 is 2.23 bits per heavy atom. The maximum atomic E-state index is 12.7. The van der Waals surface area contributed by atoms with Crippen molar-refractivity contribution in [3.63, 3.8) is 0 Å². The quantitative estimate of drug-likeness (QED) is 0.214. The third kappa shape index (κ3) is 6.91. The molecule has 0 aliphatic carbocycles. The van der Waals surface area contributed by atoms with Gasteiger partial charge in [-0.05, 0) is 42.5 Å². The average molecular weight is 479 g/mol. The van der Waals surface area contributed by atoms with Crippen molar-refractivity contribution in [2.75, 3.05) is 6.61 Å². The van der Waals surface area contributed by atoms with E-state index in [2.05, 4.69) is 32.4 Å². The maximum Gasteiger partial charge on any atom is 0.323 e. The van der Waals surface area contributed by atoms with Crippen molar-refractivity contribution in [1.29, 1.82) is 0 Å². The Morgan fingerprint density at radius 2 is 1.65 bits per heavy atom. The van der Waals surface area contributed by atoms with Gasteiger partial charge in [-0.2, -0.15) is 5.10 Å². The van der Waals surface area contributed by atoms with Crippen molar-refractivity contribution in [2.24, 2.45) is 5.10 Å². The van der Waals surface area contributed by atoms with Crippen LogP contribution in [0, 0.1) is 12.3 Å². The van der Waals surface area contributed by atoms with E-state index in [-0.39, 0.29) is 6.61 Å². The Bertz CT molecular complexity index is 1020. The fourth-order valence-electron chi connectivity index (χ4n) is 2.47. The second-order valence-electron chi connectivity index (χ2n) is 6.10. The molecular formula is C24H19BrN2O4. The molecule has 0 aliphatic rings. The maximum absolute atomic E-state index is 12.7. The second kappa shape index (κ2) is 11.4. The number of rotatable bonds is 9. The standard InChI is InChI=1S/C24H19BrN2O4/c1-2-15-29-22-14-13-19(25)16-18(22)17-26-27-23(28)24(30-20-9-5-3-6-10-20)31-21-11-7-4-8-12-21/h1,3-14,16-17,24H,15H2,(H,27,28). The molecule has 1 amide bonds. The highest BCUT2D eigenvalue weighted by atomic mass is 79.9. The molecule has 0 saturated carbocycles. The lowest BCUT2D eigenvalue weighted by atomic mass is 10.2. The predicted octanol–water partition coefficient (Wildman–Crippen LogP) is 4.40. The summed E-state index contributed by atoms with van der Waals surface area (Å²) in [5.41, 5.74) is 3.08. The van der Waals surface area contributed by atoms with E-state index in [0.717, 1.165) is 4.47 Å². The first-order valence-electron chi connectivity index (χ1n) is 9.28. The number of hydrogen-bond donors (Lipinski definition) is 1. The Morgan fingerprint density at radius 1 is 1.03 bits per heavy atom. The lowest BCUT2D eigenvalue weighted by molar-refractivity contribution is -0.140. The zero-order valence-corrected chi connectivity index (χ0v) is 18.0. The molecule has 0 aromatic heterocycles. The molecule has 0 fully saturated rings. The van der Waals surface area contributed by atoms with Crippen LogP contribution in [-0.2, 0) is 4.79 Å². The van der Waals surface area contributed by atoms with E-state index in [9.17, 15) is 4.79 Å². The van der Waals surface area contributed by atoms with Gasteiger partial charge in [0.1, 0.15) is 23.9 Å². The summed E-state index contributed by atoms with van der Waals surface area (Å²) in [6.07, 6.45) is 5.46. The molecule has 0 radical (unpaired) electrons. The summed E-state index contributed by atoms with van der Waals surface area (Å²) >= 11 is 3.40. The van der Waals surface area contributed by atoms with Crippen molar-refractivity contribution >= 4 is 28.1 Å². The molecule has 3 aromatic carbocycles. The minimum absolute atomic E-state index is 0.118. The van der Waals surface area contributed by atoms with Gasteiger partial charge in [0, 0.05) is 10.0 Å². The summed E-state index contributed by atoms with van der Waals surface area (Å²) < 4.78 is 17.8. The molecule has 0 spiro atoms. The molecule has 3 aromatic rings. The number of hydrazone groups is 1. The van der Waals surface area contributed by atoms with Gasteiger partial charge < -0.3 is 14.2 Å². The van der Waals surface area contributed by atoms with Crippen LogP contribution in [0.4, 0.5) is 0 Å². The van der Waals surface area contributed by atoms with Gasteiger partial charge in [0.15, 0.2) is 0 Å². The number of carbonyl (C=O) groups excluding carboxylic acids is 1. The molecule has 0 bridgehead atoms. The highest BCUT2D eigenvalue weighted by Gasteiger charge is 2.22. The van der Waals surface area contributed by atoms with Crippen LogP contribution in [0.5, 0.6) is 17.2 Å². The van der Waals surface area contributed by atoms with Gasteiger partial charge in [0.05, 0.1) is 6.21 Å². The van der Waals surface area contributed by atoms with Gasteiger partial charge in [-0.3, -0.25) is 4.79 Å². The van der Waals surface area contributed by atoms with Crippen LogP contribution in [0.3, 0.4) is 0 Å². The summed E-state index contributed by atoms with van der Waals surface area (Å²) in [5.74, 6) is 3.34. The first kappa shape index (κ1) is 21.9. The zero-order chi connectivity index (χ0) is 21.9. The van der Waals surface area contributed by atoms with E-state index in [4.69, 9.17) is 20.6 Å². The molecule has 156 valence electrons. The Balaban J connectivity index is 1.73. The van der Waals surface area contributed by atoms with E-state index < -0.39 is 12.2 Å². The highest BCUT2D eigenvalue weighted by molar-refractivity contribution is 9.10. The number of terminal acetylenes is 1. The monoisotopic (exact) mass is 478 g/mol. The number of ether oxygens (including phenoxy) is 3. The number of carbonyl (C=O) groups is 1. The minimum atomic E-state index is -1.25. The third-order valence-corrected chi connectivity index (χ3v) is 4.34. The molecule has 1 N–H and O–H groups in total. The minimum Gasteiger partial charge on any atom is -0.480 e. The first-order chi connectivity index (χ1) is 15.2. The second-order valence-corrected chi connectivity index (χ2v) is 7.02. The molecule has 0 aliphatic heterocycles. The molecule has 0 unspecified atom stereocenters. The van der Waals surface area contributed by atoms with E-state index in [0.29, 0.717) is 22.8 Å². The van der Waals surface area contributed by atoms with Crippen LogP contribution in [0.25, 0.3) is 0 Å². The Hall–Kier alpha value is -3.76. The SMILES string of the molecule is C#CCOc1ccc(Br)cc1C=NNC(=O)C(Oc1ccccc1)Oc1ccccc1. The van der Waals surface area contributed by atoms with Crippen molar-refractivity contribution in [3.8, 4) is 29.6 Å². The molecule has 0 saturated heterocycles. The largest absolute Gasteiger partial charge is 0.480 e. The zero-order valence-electron chi connectivity index (χ0n) is 16.4. The van der Waals surface area contributed by atoms with E-state index in [1.807, 2.05) is 18.2 Å². The summed E-state index contributed by atoms with van der Waals surface area (Å²) in [5, 5.41) is 4.02. The van der Waals surface area contributed by atoms with Crippen molar-refractivity contribution in [3.05, 3.63) is 88.9 Å². The van der Waals surface area contributed by atoms with Gasteiger partial charge in [-0.15, -0.1) is 6.42 Å². The van der Waals surface area contributed by atoms with Gasteiger partial charge >= 0.3 is 12.2 Å². The normalized spacial score (nSPS) is 10.5. The average Bonchev–Trinajstić information content (AvgIpc) is 2.79. The van der Waals surface area contributed by atoms with E-state index in [1.54, 1.807) is 60.7 Å². The van der Waals surface area contributed by atoms with Crippen LogP contribution in [0.1, 0.15) is 5.56 Å². The number of nitrogens with zero attached hydrogens (tertiary/aromatic N) is 1. The summed E-state index contributed by atoms with van der Waals surface area (Å²) in [6, 6.07) is 23.2. The van der Waals surface area contributed by atoms with Crippen LogP contribution >= 0.6 is 15.9 Å². The fourth-order valence-corrected chi connectivity index (χ4v) is 2.84. The van der Waals surface area contributed by atoms with Gasteiger partial charge in [0.25, 0.3) is 0 Å². The van der Waals surface area contributed by atoms with E-state index in [1.165, 1.54) is 6.21 Å². The summed E-state index contributed by atoms with van der Waals surface area (Å²) in [6.45, 7) is 0.118. The number of nitrogens with one attached hydrogen (secondary N) is 1. The summed E-state index contributed by atoms with van der Waals surface area (Å²) in [7, 11) is 0. The number of hydrogen-bond acceptors (Lipinski definition) is 5. The van der Waals surface area contributed by atoms with Crippen molar-refractivity contribution in [2.45, 2.75) is 6.29 Å². The molecule has 3 rings (SSSR count). The number of amides is 1. The predicted molar refractivity (Wildman–Crippen MR) is 122 cm³/mol. The molecular weight excluding hydrogens is 460 g/mol. The smallest absolute Gasteiger partial charge is 0.323 e. The summed E-state index contributed by atoms with van der Waals surface area (Å²) in [4.78, 5) is 12.7. The Kier molecular flexibility index (Phi) is 8.09.